The van der Waals surface area contributed by atoms with Crippen molar-refractivity contribution in [2.75, 3.05) is 0 Å². The van der Waals surface area contributed by atoms with Gasteiger partial charge in [0.2, 0.25) is 0 Å². The number of nitrogens with one attached hydrogen (secondary N) is 1. The maximum atomic E-state index is 12.6. The van der Waals surface area contributed by atoms with Gasteiger partial charge in [0.05, 0.1) is 6.20 Å². The van der Waals surface area contributed by atoms with Gasteiger partial charge in [-0.2, -0.15) is 5.10 Å². The minimum absolute atomic E-state index is 0.0479. The molecule has 3 heterocycles. The lowest BCUT2D eigenvalue weighted by Crippen LogP contribution is -2.16. The first-order chi connectivity index (χ1) is 11.7. The summed E-state index contributed by atoms with van der Waals surface area (Å²) in [6.45, 7) is 1.87. The van der Waals surface area contributed by atoms with Crippen LogP contribution in [0.5, 0.6) is 0 Å². The van der Waals surface area contributed by atoms with Crippen LogP contribution in [0.2, 0.25) is 0 Å². The second-order valence-electron chi connectivity index (χ2n) is 5.71. The zero-order valence-electron chi connectivity index (χ0n) is 13.2. The zero-order valence-corrected chi connectivity index (χ0v) is 13.2. The number of H-pyrrole nitrogens is 1. The first-order valence-electron chi connectivity index (χ1n) is 7.80. The molecule has 1 atom stereocenters. The van der Waals surface area contributed by atoms with E-state index in [1.807, 2.05) is 61.8 Å². The van der Waals surface area contributed by atoms with Crippen LogP contribution in [0.4, 0.5) is 0 Å². The van der Waals surface area contributed by atoms with E-state index >= 15 is 0 Å². The summed E-state index contributed by atoms with van der Waals surface area (Å²) in [5.74, 6) is 0.0479. The third-order valence-electron chi connectivity index (χ3n) is 4.21. The van der Waals surface area contributed by atoms with E-state index in [1.165, 1.54) is 0 Å². The number of hydrogen-bond donors (Lipinski definition) is 1. The molecule has 0 aliphatic rings. The van der Waals surface area contributed by atoms with Gasteiger partial charge in [0.15, 0.2) is 5.78 Å². The first-order valence-corrected chi connectivity index (χ1v) is 7.80. The lowest BCUT2D eigenvalue weighted by atomic mass is 10.1. The molecule has 5 heteroatoms. The molecule has 0 amide bonds. The van der Waals surface area contributed by atoms with E-state index in [9.17, 15) is 4.79 Å². The molecule has 4 rings (SSSR count). The summed E-state index contributed by atoms with van der Waals surface area (Å²) in [5, 5.41) is 5.44. The predicted octanol–water partition coefficient (Wildman–Crippen LogP) is 3.87. The number of Topliss-reactive ketones (excluding diaryl/α,β-unsaturated/α-hetero) is 1. The van der Waals surface area contributed by atoms with E-state index in [1.54, 1.807) is 17.1 Å². The highest BCUT2D eigenvalue weighted by Crippen LogP contribution is 2.27. The third kappa shape index (κ3) is 2.40. The molecular weight excluding hydrogens is 300 g/mol. The lowest BCUT2D eigenvalue weighted by molar-refractivity contribution is 0.0928. The van der Waals surface area contributed by atoms with Crippen molar-refractivity contribution in [3.05, 3.63) is 72.8 Å². The molecule has 0 saturated carbocycles. The molecule has 1 aromatic carbocycles. The number of carbonyl (C=O) groups excluding carboxylic acids is 1. The summed E-state index contributed by atoms with van der Waals surface area (Å²) in [7, 11) is 0. The summed E-state index contributed by atoms with van der Waals surface area (Å²) in [4.78, 5) is 20.0. The van der Waals surface area contributed by atoms with Crippen molar-refractivity contribution in [2.45, 2.75) is 13.0 Å². The number of ketones is 1. The van der Waals surface area contributed by atoms with E-state index in [2.05, 4.69) is 15.1 Å². The SMILES string of the molecule is CC(C(=O)c1ccccc1)n1cc(-c2ccnc3[nH]ccc23)cn1. The van der Waals surface area contributed by atoms with Crippen molar-refractivity contribution in [3.63, 3.8) is 0 Å². The Bertz CT molecular complexity index is 1000. The zero-order chi connectivity index (χ0) is 16.5. The number of fused-ring (bicyclic) bond motifs is 1. The number of hydrogen-bond acceptors (Lipinski definition) is 3. The minimum Gasteiger partial charge on any atom is -0.346 e. The van der Waals surface area contributed by atoms with Crippen LogP contribution in [0.15, 0.2) is 67.3 Å². The second kappa shape index (κ2) is 5.77. The number of benzene rings is 1. The Labute approximate surface area is 139 Å². The van der Waals surface area contributed by atoms with Crippen LogP contribution in [0.3, 0.4) is 0 Å². The molecular formula is C19H16N4O. The third-order valence-corrected chi connectivity index (χ3v) is 4.21. The van der Waals surface area contributed by atoms with Crippen molar-refractivity contribution < 1.29 is 4.79 Å². The molecule has 4 aromatic rings. The van der Waals surface area contributed by atoms with Gasteiger partial charge in [-0.15, -0.1) is 0 Å². The van der Waals surface area contributed by atoms with Crippen LogP contribution >= 0.6 is 0 Å². The number of carbonyl (C=O) groups is 1. The van der Waals surface area contributed by atoms with E-state index in [0.29, 0.717) is 5.56 Å². The highest BCUT2D eigenvalue weighted by atomic mass is 16.1. The van der Waals surface area contributed by atoms with Crippen molar-refractivity contribution >= 4 is 16.8 Å². The smallest absolute Gasteiger partial charge is 0.187 e. The van der Waals surface area contributed by atoms with Crippen LogP contribution in [-0.4, -0.2) is 25.5 Å². The topological polar surface area (TPSA) is 63.6 Å². The molecule has 1 N–H and O–H groups in total. The Balaban J connectivity index is 1.68. The monoisotopic (exact) mass is 316 g/mol. The number of aromatic nitrogens is 4. The maximum Gasteiger partial charge on any atom is 0.187 e. The largest absolute Gasteiger partial charge is 0.346 e. The van der Waals surface area contributed by atoms with Crippen molar-refractivity contribution in [1.29, 1.82) is 0 Å². The van der Waals surface area contributed by atoms with Crippen molar-refractivity contribution in [3.8, 4) is 11.1 Å². The van der Waals surface area contributed by atoms with Gasteiger partial charge in [0, 0.05) is 35.1 Å². The van der Waals surface area contributed by atoms with E-state index in [4.69, 9.17) is 0 Å². The van der Waals surface area contributed by atoms with Crippen molar-refractivity contribution in [2.24, 2.45) is 0 Å². The van der Waals surface area contributed by atoms with Gasteiger partial charge in [0.25, 0.3) is 0 Å². The van der Waals surface area contributed by atoms with Gasteiger partial charge in [-0.25, -0.2) is 4.98 Å². The highest BCUT2D eigenvalue weighted by molar-refractivity contribution is 5.98. The Morgan fingerprint density at radius 2 is 2.00 bits per heavy atom. The number of rotatable bonds is 4. The first kappa shape index (κ1) is 14.4. The Morgan fingerprint density at radius 1 is 1.17 bits per heavy atom. The van der Waals surface area contributed by atoms with Gasteiger partial charge in [0.1, 0.15) is 11.7 Å². The highest BCUT2D eigenvalue weighted by Gasteiger charge is 2.18. The maximum absolute atomic E-state index is 12.6. The molecule has 0 aliphatic heterocycles. The Kier molecular flexibility index (Phi) is 3.46. The fraction of sp³-hybridized carbons (Fsp3) is 0.105. The number of aromatic amines is 1. The van der Waals surface area contributed by atoms with Gasteiger partial charge in [-0.05, 0) is 24.6 Å². The molecule has 118 valence electrons. The van der Waals surface area contributed by atoms with Crippen molar-refractivity contribution in [1.82, 2.24) is 19.7 Å². The van der Waals surface area contributed by atoms with Gasteiger partial charge < -0.3 is 4.98 Å². The predicted molar refractivity (Wildman–Crippen MR) is 92.8 cm³/mol. The van der Waals surface area contributed by atoms with E-state index < -0.39 is 0 Å². The summed E-state index contributed by atoms with van der Waals surface area (Å²) >= 11 is 0. The summed E-state index contributed by atoms with van der Waals surface area (Å²) in [6.07, 6.45) is 7.33. The van der Waals surface area contributed by atoms with Gasteiger partial charge >= 0.3 is 0 Å². The van der Waals surface area contributed by atoms with E-state index in [0.717, 1.165) is 22.2 Å². The lowest BCUT2D eigenvalue weighted by Gasteiger charge is -2.11. The van der Waals surface area contributed by atoms with Crippen LogP contribution in [-0.2, 0) is 0 Å². The Morgan fingerprint density at radius 3 is 2.83 bits per heavy atom. The minimum atomic E-state index is -0.357. The summed E-state index contributed by atoms with van der Waals surface area (Å²) < 4.78 is 1.71. The van der Waals surface area contributed by atoms with Gasteiger partial charge in [-0.1, -0.05) is 30.3 Å². The van der Waals surface area contributed by atoms with E-state index in [-0.39, 0.29) is 11.8 Å². The molecule has 0 spiro atoms. The quantitative estimate of drug-likeness (QED) is 0.581. The molecule has 0 radical (unpaired) electrons. The average molecular weight is 316 g/mol. The summed E-state index contributed by atoms with van der Waals surface area (Å²) in [6, 6.07) is 12.9. The van der Waals surface area contributed by atoms with Crippen LogP contribution in [0.1, 0.15) is 23.3 Å². The summed E-state index contributed by atoms with van der Waals surface area (Å²) in [5.41, 5.74) is 3.55. The molecule has 3 aromatic heterocycles. The Hall–Kier alpha value is -3.21. The van der Waals surface area contributed by atoms with Crippen LogP contribution in [0, 0.1) is 0 Å². The number of pyridine rings is 1. The second-order valence-corrected chi connectivity index (χ2v) is 5.71. The molecule has 0 saturated heterocycles. The fourth-order valence-corrected chi connectivity index (χ4v) is 2.87. The average Bonchev–Trinajstić information content (AvgIpc) is 3.30. The standard InChI is InChI=1S/C19H16N4O/c1-13(18(24)14-5-3-2-4-6-14)23-12-15(11-22-23)16-7-9-20-19-17(16)8-10-21-19/h2-13H,1H3,(H,20,21). The molecule has 0 fully saturated rings. The van der Waals surface area contributed by atoms with Crippen LogP contribution < -0.4 is 0 Å². The number of nitrogens with zero attached hydrogens (tertiary/aromatic N) is 3. The molecule has 0 aliphatic carbocycles. The van der Waals surface area contributed by atoms with Crippen LogP contribution in [0.25, 0.3) is 22.2 Å². The molecule has 0 bridgehead atoms. The molecule has 5 nitrogen and oxygen atoms in total. The molecule has 1 unspecified atom stereocenters. The normalized spacial score (nSPS) is 12.4. The molecule has 24 heavy (non-hydrogen) atoms. The fourth-order valence-electron chi connectivity index (χ4n) is 2.87. The van der Waals surface area contributed by atoms with Gasteiger partial charge in [-0.3, -0.25) is 9.48 Å².